The number of rotatable bonds is 3. The van der Waals surface area contributed by atoms with Crippen LogP contribution >= 0.6 is 23.4 Å². The van der Waals surface area contributed by atoms with Crippen LogP contribution in [0.1, 0.15) is 5.56 Å². The number of hydrogen-bond donors (Lipinski definition) is 1. The van der Waals surface area contributed by atoms with Gasteiger partial charge in [0.25, 0.3) is 0 Å². The zero-order valence-electron chi connectivity index (χ0n) is 8.86. The third-order valence-electron chi connectivity index (χ3n) is 2.28. The molecule has 0 amide bonds. The molecule has 2 rings (SSSR count). The Morgan fingerprint density at radius 1 is 1.12 bits per heavy atom. The minimum absolute atomic E-state index is 0.303. The zero-order chi connectivity index (χ0) is 12.3. The van der Waals surface area contributed by atoms with E-state index in [0.29, 0.717) is 10.6 Å². The number of aliphatic hydroxyl groups is 1. The van der Waals surface area contributed by atoms with Gasteiger partial charge in [-0.1, -0.05) is 29.4 Å². The maximum atomic E-state index is 13.4. The summed E-state index contributed by atoms with van der Waals surface area (Å²) in [4.78, 5) is 1.67. The van der Waals surface area contributed by atoms with Crippen LogP contribution in [0.15, 0.2) is 52.3 Å². The van der Waals surface area contributed by atoms with Gasteiger partial charge in [-0.2, -0.15) is 0 Å². The Bertz CT molecular complexity index is 513. The SMILES string of the molecule is OCc1c(F)cccc1Sc1ccc(Cl)cc1. The summed E-state index contributed by atoms with van der Waals surface area (Å²) in [7, 11) is 0. The van der Waals surface area contributed by atoms with Crippen molar-refractivity contribution in [2.75, 3.05) is 0 Å². The molecule has 0 heterocycles. The molecule has 0 bridgehead atoms. The summed E-state index contributed by atoms with van der Waals surface area (Å²) in [5.74, 6) is -0.383. The highest BCUT2D eigenvalue weighted by molar-refractivity contribution is 7.99. The van der Waals surface area contributed by atoms with E-state index in [1.807, 2.05) is 12.1 Å². The van der Waals surface area contributed by atoms with E-state index in [2.05, 4.69) is 0 Å². The molecule has 0 aliphatic rings. The summed E-state index contributed by atoms with van der Waals surface area (Å²) in [5, 5.41) is 9.81. The maximum absolute atomic E-state index is 13.4. The van der Waals surface area contributed by atoms with Crippen molar-refractivity contribution in [3.05, 3.63) is 58.9 Å². The number of hydrogen-bond acceptors (Lipinski definition) is 2. The second kappa shape index (κ2) is 5.54. The standard InChI is InChI=1S/C13H10ClFOS/c14-9-4-6-10(7-5-9)17-13-3-1-2-12(15)11(13)8-16/h1-7,16H,8H2. The highest BCUT2D eigenvalue weighted by Gasteiger charge is 2.08. The predicted molar refractivity (Wildman–Crippen MR) is 67.9 cm³/mol. The summed E-state index contributed by atoms with van der Waals surface area (Å²) in [6.07, 6.45) is 0. The molecule has 4 heteroatoms. The average Bonchev–Trinajstić information content (AvgIpc) is 2.32. The Hall–Kier alpha value is -1.03. The lowest BCUT2D eigenvalue weighted by molar-refractivity contribution is 0.272. The molecule has 0 spiro atoms. The number of halogens is 2. The van der Waals surface area contributed by atoms with Crippen molar-refractivity contribution in [3.63, 3.8) is 0 Å². The molecule has 0 atom stereocenters. The molecule has 2 aromatic rings. The number of benzene rings is 2. The van der Waals surface area contributed by atoms with E-state index in [4.69, 9.17) is 16.7 Å². The topological polar surface area (TPSA) is 20.2 Å². The quantitative estimate of drug-likeness (QED) is 0.903. The van der Waals surface area contributed by atoms with Crippen LogP contribution in [-0.2, 0) is 6.61 Å². The summed E-state index contributed by atoms with van der Waals surface area (Å²) in [6, 6.07) is 12.0. The van der Waals surface area contributed by atoms with Crippen LogP contribution in [0.5, 0.6) is 0 Å². The molecular weight excluding hydrogens is 259 g/mol. The third kappa shape index (κ3) is 3.00. The molecule has 0 saturated heterocycles. The van der Waals surface area contributed by atoms with Crippen LogP contribution in [0.3, 0.4) is 0 Å². The second-order valence-electron chi connectivity index (χ2n) is 3.43. The van der Waals surface area contributed by atoms with E-state index in [9.17, 15) is 4.39 Å². The molecule has 1 nitrogen and oxygen atoms in total. The first-order chi connectivity index (χ1) is 8.20. The molecule has 0 aromatic heterocycles. The van der Waals surface area contributed by atoms with E-state index in [-0.39, 0.29) is 12.4 Å². The lowest BCUT2D eigenvalue weighted by atomic mass is 10.2. The van der Waals surface area contributed by atoms with Gasteiger partial charge in [0.15, 0.2) is 0 Å². The van der Waals surface area contributed by atoms with E-state index in [1.165, 1.54) is 17.8 Å². The zero-order valence-corrected chi connectivity index (χ0v) is 10.4. The van der Waals surface area contributed by atoms with Gasteiger partial charge in [-0.15, -0.1) is 0 Å². The van der Waals surface area contributed by atoms with Gasteiger partial charge < -0.3 is 5.11 Å². The Balaban J connectivity index is 2.29. The van der Waals surface area contributed by atoms with Gasteiger partial charge >= 0.3 is 0 Å². The molecular formula is C13H10ClFOS. The summed E-state index contributed by atoms with van der Waals surface area (Å²) in [5.41, 5.74) is 0.326. The van der Waals surface area contributed by atoms with E-state index >= 15 is 0 Å². The molecule has 0 aliphatic heterocycles. The highest BCUT2D eigenvalue weighted by Crippen LogP contribution is 2.32. The molecule has 2 aromatic carbocycles. The summed E-state index contributed by atoms with van der Waals surface area (Å²) >= 11 is 7.19. The van der Waals surface area contributed by atoms with Gasteiger partial charge in [-0.05, 0) is 36.4 Å². The van der Waals surface area contributed by atoms with Crippen molar-refractivity contribution in [1.82, 2.24) is 0 Å². The highest BCUT2D eigenvalue weighted by atomic mass is 35.5. The monoisotopic (exact) mass is 268 g/mol. The van der Waals surface area contributed by atoms with Crippen LogP contribution in [0.25, 0.3) is 0 Å². The fourth-order valence-corrected chi connectivity index (χ4v) is 2.50. The van der Waals surface area contributed by atoms with E-state index in [1.54, 1.807) is 24.3 Å². The molecule has 0 saturated carbocycles. The number of aliphatic hydroxyl groups excluding tert-OH is 1. The average molecular weight is 269 g/mol. The van der Waals surface area contributed by atoms with Crippen molar-refractivity contribution in [2.45, 2.75) is 16.4 Å². The van der Waals surface area contributed by atoms with Crippen molar-refractivity contribution in [1.29, 1.82) is 0 Å². The Morgan fingerprint density at radius 2 is 1.82 bits per heavy atom. The first kappa shape index (κ1) is 12.4. The Morgan fingerprint density at radius 3 is 2.47 bits per heavy atom. The molecule has 0 unspecified atom stereocenters. The van der Waals surface area contributed by atoms with E-state index < -0.39 is 0 Å². The lowest BCUT2D eigenvalue weighted by Crippen LogP contribution is -1.92. The smallest absolute Gasteiger partial charge is 0.129 e. The summed E-state index contributed by atoms with van der Waals surface area (Å²) < 4.78 is 13.4. The maximum Gasteiger partial charge on any atom is 0.129 e. The summed E-state index contributed by atoms with van der Waals surface area (Å²) in [6.45, 7) is -0.303. The van der Waals surface area contributed by atoms with Crippen molar-refractivity contribution in [3.8, 4) is 0 Å². The molecule has 0 radical (unpaired) electrons. The molecule has 17 heavy (non-hydrogen) atoms. The van der Waals surface area contributed by atoms with Crippen molar-refractivity contribution >= 4 is 23.4 Å². The van der Waals surface area contributed by atoms with Crippen LogP contribution < -0.4 is 0 Å². The van der Waals surface area contributed by atoms with Gasteiger partial charge in [0.1, 0.15) is 5.82 Å². The van der Waals surface area contributed by atoms with Gasteiger partial charge in [0.2, 0.25) is 0 Å². The van der Waals surface area contributed by atoms with Crippen molar-refractivity contribution < 1.29 is 9.50 Å². The second-order valence-corrected chi connectivity index (χ2v) is 4.98. The van der Waals surface area contributed by atoms with Gasteiger partial charge in [0, 0.05) is 20.4 Å². The largest absolute Gasteiger partial charge is 0.392 e. The van der Waals surface area contributed by atoms with Crippen LogP contribution in [0.4, 0.5) is 4.39 Å². The minimum Gasteiger partial charge on any atom is -0.392 e. The first-order valence-electron chi connectivity index (χ1n) is 5.02. The van der Waals surface area contributed by atoms with Gasteiger partial charge in [0.05, 0.1) is 6.61 Å². The third-order valence-corrected chi connectivity index (χ3v) is 3.64. The lowest BCUT2D eigenvalue weighted by Gasteiger charge is -2.07. The van der Waals surface area contributed by atoms with Crippen LogP contribution in [-0.4, -0.2) is 5.11 Å². The molecule has 1 N–H and O–H groups in total. The molecule has 88 valence electrons. The van der Waals surface area contributed by atoms with Crippen LogP contribution in [0.2, 0.25) is 5.02 Å². The van der Waals surface area contributed by atoms with Gasteiger partial charge in [-0.3, -0.25) is 0 Å². The predicted octanol–water partition coefficient (Wildman–Crippen LogP) is 4.12. The Kier molecular flexibility index (Phi) is 4.05. The first-order valence-corrected chi connectivity index (χ1v) is 6.22. The fourth-order valence-electron chi connectivity index (χ4n) is 1.42. The normalized spacial score (nSPS) is 10.5. The minimum atomic E-state index is -0.383. The van der Waals surface area contributed by atoms with Crippen molar-refractivity contribution in [2.24, 2.45) is 0 Å². The van der Waals surface area contributed by atoms with E-state index in [0.717, 1.165) is 9.79 Å². The fraction of sp³-hybridized carbons (Fsp3) is 0.0769. The molecule has 0 fully saturated rings. The Labute approximate surface area is 108 Å². The van der Waals surface area contributed by atoms with Gasteiger partial charge in [-0.25, -0.2) is 4.39 Å². The van der Waals surface area contributed by atoms with Crippen LogP contribution in [0, 0.1) is 5.82 Å². The molecule has 0 aliphatic carbocycles.